The van der Waals surface area contributed by atoms with E-state index >= 15 is 0 Å². The summed E-state index contributed by atoms with van der Waals surface area (Å²) in [5, 5.41) is 9.57. The fourth-order valence-corrected chi connectivity index (χ4v) is 2.29. The molecule has 1 aromatic carbocycles. The average molecular weight is 372 g/mol. The SMILES string of the molecule is O=C(c1ccc(O)c(Cl)c1)N1CCOc2cc[nH+]cc21.[Br-]. The van der Waals surface area contributed by atoms with Crippen LogP contribution >= 0.6 is 11.6 Å². The Morgan fingerprint density at radius 1 is 1.38 bits per heavy atom. The van der Waals surface area contributed by atoms with Crippen molar-refractivity contribution in [3.63, 3.8) is 0 Å². The van der Waals surface area contributed by atoms with Crippen LogP contribution in [0.2, 0.25) is 5.02 Å². The molecule has 0 bridgehead atoms. The fraction of sp³-hybridized carbons (Fsp3) is 0.143. The van der Waals surface area contributed by atoms with Crippen LogP contribution in [0.4, 0.5) is 5.69 Å². The number of H-pyrrole nitrogens is 1. The number of anilines is 1. The molecule has 0 saturated carbocycles. The molecule has 2 heterocycles. The molecule has 2 N–H and O–H groups in total. The van der Waals surface area contributed by atoms with E-state index in [9.17, 15) is 9.90 Å². The van der Waals surface area contributed by atoms with Crippen molar-refractivity contribution in [2.75, 3.05) is 18.1 Å². The van der Waals surface area contributed by atoms with Crippen LogP contribution in [0, 0.1) is 0 Å². The summed E-state index contributed by atoms with van der Waals surface area (Å²) in [5.74, 6) is 0.434. The van der Waals surface area contributed by atoms with Gasteiger partial charge in [-0.2, -0.15) is 0 Å². The first-order chi connectivity index (χ1) is 9.66. The van der Waals surface area contributed by atoms with E-state index in [0.29, 0.717) is 30.2 Å². The summed E-state index contributed by atoms with van der Waals surface area (Å²) in [6.07, 6.45) is 3.46. The third kappa shape index (κ3) is 2.96. The van der Waals surface area contributed by atoms with E-state index in [-0.39, 0.29) is 33.7 Å². The van der Waals surface area contributed by atoms with E-state index in [2.05, 4.69) is 4.98 Å². The number of fused-ring (bicyclic) bond motifs is 1. The number of carbonyl (C=O) groups is 1. The Balaban J connectivity index is 0.00000161. The molecule has 0 atom stereocenters. The number of rotatable bonds is 1. The van der Waals surface area contributed by atoms with Gasteiger partial charge in [-0.05, 0) is 18.2 Å². The third-order valence-electron chi connectivity index (χ3n) is 3.11. The minimum atomic E-state index is -0.184. The molecule has 0 spiro atoms. The number of benzene rings is 1. The second-order valence-electron chi connectivity index (χ2n) is 4.37. The standard InChI is InChI=1S/C14H11ClN2O3.BrH/c15-10-7-9(1-2-12(10)18)14(19)17-5-6-20-13-3-4-16-8-11(13)17;/h1-4,7-8,18H,5-6H2;1H. The van der Waals surface area contributed by atoms with Crippen LogP contribution in [0.1, 0.15) is 10.4 Å². The lowest BCUT2D eigenvalue weighted by atomic mass is 10.1. The molecule has 21 heavy (non-hydrogen) atoms. The zero-order valence-corrected chi connectivity index (χ0v) is 13.2. The predicted molar refractivity (Wildman–Crippen MR) is 73.3 cm³/mol. The van der Waals surface area contributed by atoms with Gasteiger partial charge in [-0.15, -0.1) is 0 Å². The summed E-state index contributed by atoms with van der Waals surface area (Å²) in [4.78, 5) is 17.1. The number of aromatic amines is 1. The number of nitrogens with zero attached hydrogens (tertiary/aromatic N) is 1. The first kappa shape index (κ1) is 15.6. The largest absolute Gasteiger partial charge is 1.00 e. The zero-order chi connectivity index (χ0) is 14.1. The van der Waals surface area contributed by atoms with Crippen LogP contribution in [0.25, 0.3) is 0 Å². The molecule has 0 unspecified atom stereocenters. The fourth-order valence-electron chi connectivity index (χ4n) is 2.11. The number of ether oxygens (including phenoxy) is 1. The number of hydrogen-bond donors (Lipinski definition) is 1. The third-order valence-corrected chi connectivity index (χ3v) is 3.41. The number of nitrogens with one attached hydrogen (secondary N) is 1. The van der Waals surface area contributed by atoms with Crippen LogP contribution < -0.4 is 31.6 Å². The molecule has 1 aliphatic rings. The molecule has 1 aliphatic heterocycles. The van der Waals surface area contributed by atoms with Crippen molar-refractivity contribution in [3.05, 3.63) is 47.2 Å². The Kier molecular flexibility index (Phi) is 4.69. The summed E-state index contributed by atoms with van der Waals surface area (Å²) in [7, 11) is 0. The van der Waals surface area contributed by atoms with Crippen LogP contribution in [-0.2, 0) is 0 Å². The van der Waals surface area contributed by atoms with E-state index in [1.165, 1.54) is 12.1 Å². The normalized spacial score (nSPS) is 12.9. The number of pyridine rings is 1. The van der Waals surface area contributed by atoms with E-state index in [1.54, 1.807) is 29.4 Å². The molecule has 0 aliphatic carbocycles. The highest BCUT2D eigenvalue weighted by molar-refractivity contribution is 6.32. The second kappa shape index (κ2) is 6.32. The van der Waals surface area contributed by atoms with Crippen LogP contribution in [0.5, 0.6) is 11.5 Å². The van der Waals surface area contributed by atoms with Gasteiger partial charge in [0.15, 0.2) is 23.8 Å². The summed E-state index contributed by atoms with van der Waals surface area (Å²) >= 11 is 5.85. The van der Waals surface area contributed by atoms with Crippen LogP contribution in [-0.4, -0.2) is 24.2 Å². The van der Waals surface area contributed by atoms with E-state index in [0.717, 1.165) is 0 Å². The van der Waals surface area contributed by atoms with Gasteiger partial charge in [-0.25, -0.2) is 4.98 Å². The van der Waals surface area contributed by atoms with Gasteiger partial charge in [0.1, 0.15) is 12.4 Å². The van der Waals surface area contributed by atoms with Crippen LogP contribution in [0.15, 0.2) is 36.7 Å². The number of amides is 1. The maximum absolute atomic E-state index is 12.5. The van der Waals surface area contributed by atoms with E-state index < -0.39 is 0 Å². The van der Waals surface area contributed by atoms with Gasteiger partial charge in [0.25, 0.3) is 5.91 Å². The molecule has 7 heteroatoms. The van der Waals surface area contributed by atoms with Gasteiger partial charge in [-0.3, -0.25) is 9.69 Å². The molecular formula is C14H12BrClN2O3. The van der Waals surface area contributed by atoms with Crippen molar-refractivity contribution >= 4 is 23.2 Å². The number of hydrogen-bond acceptors (Lipinski definition) is 3. The molecule has 5 nitrogen and oxygen atoms in total. The lowest BCUT2D eigenvalue weighted by molar-refractivity contribution is -0.377. The molecule has 2 aromatic rings. The molecule has 110 valence electrons. The Morgan fingerprint density at radius 2 is 2.19 bits per heavy atom. The molecule has 3 rings (SSSR count). The average Bonchev–Trinajstić information content (AvgIpc) is 2.49. The lowest BCUT2D eigenvalue weighted by Gasteiger charge is -2.27. The smallest absolute Gasteiger partial charge is 0.258 e. The van der Waals surface area contributed by atoms with Gasteiger partial charge >= 0.3 is 0 Å². The predicted octanol–water partition coefficient (Wildman–Crippen LogP) is -1.10. The van der Waals surface area contributed by atoms with Gasteiger partial charge < -0.3 is 26.8 Å². The molecular weight excluding hydrogens is 360 g/mol. The monoisotopic (exact) mass is 370 g/mol. The molecule has 1 aromatic heterocycles. The Labute approximate surface area is 136 Å². The quantitative estimate of drug-likeness (QED) is 0.692. The van der Waals surface area contributed by atoms with Gasteiger partial charge in [0.2, 0.25) is 0 Å². The first-order valence-corrected chi connectivity index (χ1v) is 6.48. The number of halogens is 2. The van der Waals surface area contributed by atoms with Crippen molar-refractivity contribution in [1.82, 2.24) is 0 Å². The topological polar surface area (TPSA) is 63.9 Å². The van der Waals surface area contributed by atoms with Crippen LogP contribution in [0.3, 0.4) is 0 Å². The number of phenols is 1. The highest BCUT2D eigenvalue weighted by Crippen LogP contribution is 2.31. The second-order valence-corrected chi connectivity index (χ2v) is 4.77. The summed E-state index contributed by atoms with van der Waals surface area (Å²) in [6, 6.07) is 6.19. The van der Waals surface area contributed by atoms with Crippen molar-refractivity contribution in [2.24, 2.45) is 0 Å². The summed E-state index contributed by atoms with van der Waals surface area (Å²) in [5.41, 5.74) is 1.11. The van der Waals surface area contributed by atoms with Gasteiger partial charge in [0, 0.05) is 11.6 Å². The molecule has 0 fully saturated rings. The van der Waals surface area contributed by atoms with Gasteiger partial charge in [-0.1, -0.05) is 11.6 Å². The first-order valence-electron chi connectivity index (χ1n) is 6.10. The number of aromatic nitrogens is 1. The van der Waals surface area contributed by atoms with Crippen molar-refractivity contribution in [3.8, 4) is 11.5 Å². The van der Waals surface area contributed by atoms with Crippen molar-refractivity contribution in [1.29, 1.82) is 0 Å². The summed E-state index contributed by atoms with van der Waals surface area (Å²) in [6.45, 7) is 0.900. The number of aromatic hydroxyl groups is 1. The highest BCUT2D eigenvalue weighted by Gasteiger charge is 2.26. The van der Waals surface area contributed by atoms with Gasteiger partial charge in [0.05, 0.1) is 11.6 Å². The zero-order valence-electron chi connectivity index (χ0n) is 10.8. The number of phenolic OH excluding ortho intramolecular Hbond substituents is 1. The number of carbonyl (C=O) groups excluding carboxylic acids is 1. The minimum absolute atomic E-state index is 0. The molecule has 0 radical (unpaired) electrons. The Bertz CT molecular complexity index is 681. The Hall–Kier alpha value is -1.79. The van der Waals surface area contributed by atoms with Crippen molar-refractivity contribution in [2.45, 2.75) is 0 Å². The molecule has 0 saturated heterocycles. The van der Waals surface area contributed by atoms with E-state index in [1.807, 2.05) is 0 Å². The summed E-state index contributed by atoms with van der Waals surface area (Å²) < 4.78 is 5.50. The molecule has 1 amide bonds. The lowest BCUT2D eigenvalue weighted by Crippen LogP contribution is -3.00. The Morgan fingerprint density at radius 3 is 2.95 bits per heavy atom. The highest BCUT2D eigenvalue weighted by atomic mass is 79.9. The maximum atomic E-state index is 12.5. The van der Waals surface area contributed by atoms with E-state index in [4.69, 9.17) is 16.3 Å². The maximum Gasteiger partial charge on any atom is 0.258 e. The minimum Gasteiger partial charge on any atom is -1.00 e. The van der Waals surface area contributed by atoms with Crippen molar-refractivity contribution < 1.29 is 36.6 Å².